The lowest BCUT2D eigenvalue weighted by Crippen LogP contribution is -2.03. The lowest BCUT2D eigenvalue weighted by atomic mass is 10.0. The molecule has 0 atom stereocenters. The average Bonchev–Trinajstić information content (AvgIpc) is 3.11. The Hall–Kier alpha value is -5.08. The van der Waals surface area contributed by atoms with Crippen molar-refractivity contribution in [1.29, 1.82) is 0 Å². The zero-order valence-corrected chi connectivity index (χ0v) is 30.5. The quantitative estimate of drug-likeness (QED) is 0.0454. The lowest BCUT2D eigenvalue weighted by molar-refractivity contribution is -0.138. The van der Waals surface area contributed by atoms with Crippen LogP contribution in [0.3, 0.4) is 0 Å². The third kappa shape index (κ3) is 11.8. The van der Waals surface area contributed by atoms with Crippen LogP contribution < -0.4 is 4.74 Å². The van der Waals surface area contributed by atoms with Crippen LogP contribution in [-0.4, -0.2) is 36.7 Å². The van der Waals surface area contributed by atoms with E-state index < -0.39 is 11.9 Å². The van der Waals surface area contributed by atoms with Crippen molar-refractivity contribution in [2.45, 2.75) is 44.1 Å². The van der Waals surface area contributed by atoms with E-state index >= 15 is 0 Å². The van der Waals surface area contributed by atoms with E-state index in [0.717, 1.165) is 65.6 Å². The molecular weight excluding hydrogens is 661 g/mol. The molecule has 7 heteroatoms. The third-order valence-corrected chi connectivity index (χ3v) is 9.32. The molecular formula is C43H40O5S2. The van der Waals surface area contributed by atoms with Crippen molar-refractivity contribution in [3.05, 3.63) is 148 Å². The van der Waals surface area contributed by atoms with E-state index in [-0.39, 0.29) is 0 Å². The fourth-order valence-corrected chi connectivity index (χ4v) is 6.48. The summed E-state index contributed by atoms with van der Waals surface area (Å²) in [6.45, 7) is 16.1. The molecule has 4 aromatic rings. The fourth-order valence-electron chi connectivity index (χ4n) is 4.82. The minimum absolute atomic E-state index is 0.342. The van der Waals surface area contributed by atoms with Gasteiger partial charge in [-0.25, -0.2) is 9.59 Å². The molecule has 0 amide bonds. The van der Waals surface area contributed by atoms with Crippen LogP contribution in [0.25, 0.3) is 0 Å². The Balaban J connectivity index is 1.30. The normalized spacial score (nSPS) is 10.2. The van der Waals surface area contributed by atoms with E-state index in [2.05, 4.69) is 68.0 Å². The number of carbonyl (C=O) groups excluding carboxylic acids is 2. The molecule has 0 radical (unpaired) electrons. The van der Waals surface area contributed by atoms with Crippen molar-refractivity contribution >= 4 is 35.5 Å². The minimum Gasteiger partial charge on any atom is -0.488 e. The second kappa shape index (κ2) is 19.2. The van der Waals surface area contributed by atoms with E-state index in [4.69, 9.17) is 14.2 Å². The van der Waals surface area contributed by atoms with Crippen molar-refractivity contribution in [1.82, 2.24) is 0 Å². The lowest BCUT2D eigenvalue weighted by Gasteiger charge is -2.13. The highest BCUT2D eigenvalue weighted by atomic mass is 32.2. The smallest absolute Gasteiger partial charge is 0.330 e. The predicted molar refractivity (Wildman–Crippen MR) is 205 cm³/mol. The molecule has 0 aliphatic carbocycles. The fraction of sp³-hybridized carbons (Fsp3) is 0.209. The number of hydrogen-bond acceptors (Lipinski definition) is 7. The third-order valence-electron chi connectivity index (χ3n) is 7.40. The molecule has 254 valence electrons. The number of esters is 2. The van der Waals surface area contributed by atoms with Gasteiger partial charge in [0.2, 0.25) is 0 Å². The summed E-state index contributed by atoms with van der Waals surface area (Å²) in [6, 6.07) is 24.6. The second-order valence-electron chi connectivity index (χ2n) is 11.3. The Kier molecular flexibility index (Phi) is 14.5. The number of hydrogen-bond donors (Lipinski definition) is 0. The molecule has 5 nitrogen and oxygen atoms in total. The molecule has 50 heavy (non-hydrogen) atoms. The molecule has 4 aromatic carbocycles. The predicted octanol–water partition coefficient (Wildman–Crippen LogP) is 8.94. The molecule has 0 fully saturated rings. The van der Waals surface area contributed by atoms with E-state index in [1.165, 1.54) is 12.2 Å². The Morgan fingerprint density at radius 2 is 1.10 bits per heavy atom. The molecule has 0 aliphatic rings. The van der Waals surface area contributed by atoms with Crippen molar-refractivity contribution < 1.29 is 23.8 Å². The van der Waals surface area contributed by atoms with E-state index in [1.807, 2.05) is 69.3 Å². The van der Waals surface area contributed by atoms with Gasteiger partial charge in [0.15, 0.2) is 0 Å². The summed E-state index contributed by atoms with van der Waals surface area (Å²) in [6.07, 6.45) is 2.34. The van der Waals surface area contributed by atoms with Gasteiger partial charge in [0, 0.05) is 55.7 Å². The van der Waals surface area contributed by atoms with Gasteiger partial charge in [-0.05, 0) is 116 Å². The largest absolute Gasteiger partial charge is 0.488 e. The maximum absolute atomic E-state index is 11.2. The summed E-state index contributed by atoms with van der Waals surface area (Å²) < 4.78 is 16.3. The van der Waals surface area contributed by atoms with Crippen LogP contribution in [-0.2, 0) is 25.7 Å². The van der Waals surface area contributed by atoms with Crippen LogP contribution in [0.1, 0.15) is 50.1 Å². The summed E-state index contributed by atoms with van der Waals surface area (Å²) in [4.78, 5) is 24.6. The Morgan fingerprint density at radius 3 is 1.56 bits per heavy atom. The number of ether oxygens (including phenoxy) is 3. The number of benzene rings is 4. The van der Waals surface area contributed by atoms with Crippen molar-refractivity contribution in [2.24, 2.45) is 0 Å². The highest BCUT2D eigenvalue weighted by molar-refractivity contribution is 7.99. The highest BCUT2D eigenvalue weighted by Gasteiger charge is 2.08. The van der Waals surface area contributed by atoms with Gasteiger partial charge in [0.25, 0.3) is 0 Å². The molecule has 0 aliphatic heterocycles. The Morgan fingerprint density at radius 1 is 0.620 bits per heavy atom. The zero-order valence-electron chi connectivity index (χ0n) is 28.9. The monoisotopic (exact) mass is 700 g/mol. The second-order valence-corrected chi connectivity index (χ2v) is 13.7. The standard InChI is InChI=1S/C43H40O5S2/c1-7-41(44)46-21-23-49-39-19-17-37(30(3)27-39)15-13-34-9-11-35(12-10-34)29-48-43-32(5)25-36(26-33(43)6)14-16-38-18-20-40(28-31(38)4)50-24-22-47-42(45)8-2/h7-12,17-20,25-28H,1-2,21-24,29H2,3-6H3. The minimum atomic E-state index is -0.403. The molecule has 0 saturated carbocycles. The molecule has 0 heterocycles. The number of thioether (sulfide) groups is 2. The van der Waals surface area contributed by atoms with Gasteiger partial charge in [-0.1, -0.05) is 49.0 Å². The van der Waals surface area contributed by atoms with Crippen molar-refractivity contribution in [2.75, 3.05) is 24.7 Å². The van der Waals surface area contributed by atoms with Gasteiger partial charge in [-0.15, -0.1) is 23.5 Å². The first-order valence-corrected chi connectivity index (χ1v) is 18.0. The molecule has 0 spiro atoms. The van der Waals surface area contributed by atoms with Crippen LogP contribution >= 0.6 is 23.5 Å². The maximum Gasteiger partial charge on any atom is 0.330 e. The number of carbonyl (C=O) groups is 2. The van der Waals surface area contributed by atoms with Gasteiger partial charge in [0.05, 0.1) is 0 Å². The van der Waals surface area contributed by atoms with Gasteiger partial charge < -0.3 is 14.2 Å². The van der Waals surface area contributed by atoms with Crippen molar-refractivity contribution in [3.63, 3.8) is 0 Å². The SMILES string of the molecule is C=CC(=O)OCCSc1ccc(C#Cc2ccc(COc3c(C)cc(C#Cc4ccc(SCCOC(=O)C=C)cc4C)cc3C)cc2)c(C)c1. The molecule has 0 N–H and O–H groups in total. The van der Waals surface area contributed by atoms with Gasteiger partial charge in [-0.2, -0.15) is 0 Å². The first kappa shape index (κ1) is 37.7. The Labute approximate surface area is 304 Å². The maximum atomic E-state index is 11.2. The van der Waals surface area contributed by atoms with Gasteiger partial charge in [-0.3, -0.25) is 0 Å². The zero-order chi connectivity index (χ0) is 35.9. The first-order chi connectivity index (χ1) is 24.1. The summed E-state index contributed by atoms with van der Waals surface area (Å²) in [5.41, 5.74) is 9.14. The summed E-state index contributed by atoms with van der Waals surface area (Å²) in [5, 5.41) is 0. The van der Waals surface area contributed by atoms with Crippen LogP contribution in [0.4, 0.5) is 0 Å². The van der Waals surface area contributed by atoms with Crippen molar-refractivity contribution in [3.8, 4) is 29.4 Å². The summed E-state index contributed by atoms with van der Waals surface area (Å²) in [5.74, 6) is 14.6. The van der Waals surface area contributed by atoms with Gasteiger partial charge >= 0.3 is 11.9 Å². The molecule has 4 rings (SSSR count). The number of aryl methyl sites for hydroxylation is 4. The molecule has 0 unspecified atom stereocenters. The topological polar surface area (TPSA) is 61.8 Å². The van der Waals surface area contributed by atoms with E-state index in [0.29, 0.717) is 31.3 Å². The van der Waals surface area contributed by atoms with Crippen LogP contribution in [0.15, 0.2) is 108 Å². The molecule has 0 saturated heterocycles. The first-order valence-electron chi connectivity index (χ1n) is 16.1. The average molecular weight is 701 g/mol. The Bertz CT molecular complexity index is 1960. The van der Waals surface area contributed by atoms with Crippen LogP contribution in [0, 0.1) is 51.4 Å². The molecule has 0 aromatic heterocycles. The van der Waals surface area contributed by atoms with Crippen LogP contribution in [0.2, 0.25) is 0 Å². The van der Waals surface area contributed by atoms with E-state index in [1.54, 1.807) is 23.5 Å². The summed E-state index contributed by atoms with van der Waals surface area (Å²) >= 11 is 3.27. The van der Waals surface area contributed by atoms with E-state index in [9.17, 15) is 9.59 Å². The highest BCUT2D eigenvalue weighted by Crippen LogP contribution is 2.26. The van der Waals surface area contributed by atoms with Crippen LogP contribution in [0.5, 0.6) is 5.75 Å². The molecule has 0 bridgehead atoms. The van der Waals surface area contributed by atoms with Gasteiger partial charge in [0.1, 0.15) is 25.6 Å². The summed E-state index contributed by atoms with van der Waals surface area (Å²) in [7, 11) is 0. The number of rotatable bonds is 13.